The molecule has 1 aromatic carbocycles. The molecule has 1 heterocycles. The molecule has 104 valence electrons. The Morgan fingerprint density at radius 2 is 2.16 bits per heavy atom. The van der Waals surface area contributed by atoms with Crippen LogP contribution in [-0.2, 0) is 12.4 Å². The molecule has 0 aliphatic carbocycles. The van der Waals surface area contributed by atoms with Crippen LogP contribution in [0, 0.1) is 11.6 Å². The number of imidazole rings is 1. The van der Waals surface area contributed by atoms with E-state index in [1.54, 1.807) is 16.3 Å². The van der Waals surface area contributed by atoms with Crippen molar-refractivity contribution in [1.82, 2.24) is 9.55 Å². The normalized spacial score (nSPS) is 13.1. The van der Waals surface area contributed by atoms with E-state index in [1.165, 1.54) is 6.07 Å². The van der Waals surface area contributed by atoms with Crippen LogP contribution in [0.4, 0.5) is 8.78 Å². The molecule has 1 aromatic heterocycles. The van der Waals surface area contributed by atoms with Gasteiger partial charge in [-0.1, -0.05) is 6.92 Å². The minimum Gasteiger partial charge on any atom is -0.324 e. The van der Waals surface area contributed by atoms with Crippen molar-refractivity contribution < 1.29 is 8.78 Å². The number of fused-ring (bicyclic) bond motifs is 1. The number of nitrogens with zero attached hydrogens (tertiary/aromatic N) is 2. The lowest BCUT2D eigenvalue weighted by Gasteiger charge is -2.11. The van der Waals surface area contributed by atoms with Gasteiger partial charge >= 0.3 is 0 Å². The fourth-order valence-electron chi connectivity index (χ4n) is 1.98. The molecule has 0 aliphatic rings. The Morgan fingerprint density at radius 1 is 1.42 bits per heavy atom. The smallest absolute Gasteiger partial charge is 0.184 e. The average Bonchev–Trinajstić information content (AvgIpc) is 2.78. The zero-order valence-corrected chi connectivity index (χ0v) is 12.4. The first-order chi connectivity index (χ1) is 9.08. The molecule has 2 aromatic rings. The van der Waals surface area contributed by atoms with Gasteiger partial charge in [-0.15, -0.1) is 11.6 Å². The Bertz CT molecular complexity index is 586. The predicted molar refractivity (Wildman–Crippen MR) is 76.8 cm³/mol. The molecule has 0 N–H and O–H groups in total. The van der Waals surface area contributed by atoms with Gasteiger partial charge in [-0.3, -0.25) is 0 Å². The molecular weight excluding hydrogens is 290 g/mol. The van der Waals surface area contributed by atoms with E-state index in [4.69, 9.17) is 11.6 Å². The minimum absolute atomic E-state index is 0.184. The summed E-state index contributed by atoms with van der Waals surface area (Å²) in [5.74, 6) is -0.941. The highest BCUT2D eigenvalue weighted by atomic mass is 35.5. The number of benzene rings is 1. The molecule has 2 nitrogen and oxygen atoms in total. The van der Waals surface area contributed by atoms with Crippen molar-refractivity contribution in [2.75, 3.05) is 6.26 Å². The van der Waals surface area contributed by atoms with Crippen LogP contribution in [0.25, 0.3) is 11.0 Å². The zero-order valence-electron chi connectivity index (χ0n) is 10.8. The topological polar surface area (TPSA) is 17.8 Å². The van der Waals surface area contributed by atoms with Crippen molar-refractivity contribution in [3.05, 3.63) is 29.6 Å². The van der Waals surface area contributed by atoms with Crippen LogP contribution in [0.5, 0.6) is 0 Å². The Labute approximate surface area is 120 Å². The summed E-state index contributed by atoms with van der Waals surface area (Å²) in [5, 5.41) is 0.442. The van der Waals surface area contributed by atoms with E-state index in [9.17, 15) is 8.78 Å². The van der Waals surface area contributed by atoms with Crippen molar-refractivity contribution in [3.63, 3.8) is 0 Å². The van der Waals surface area contributed by atoms with Gasteiger partial charge < -0.3 is 4.57 Å². The number of alkyl halides is 1. The molecule has 0 saturated carbocycles. The molecule has 0 fully saturated rings. The highest BCUT2D eigenvalue weighted by Crippen LogP contribution is 2.24. The summed E-state index contributed by atoms with van der Waals surface area (Å²) in [6.07, 6.45) is 2.88. The van der Waals surface area contributed by atoms with Gasteiger partial charge in [0.05, 0.1) is 11.4 Å². The zero-order chi connectivity index (χ0) is 14.0. The summed E-state index contributed by atoms with van der Waals surface area (Å²) in [6.45, 7) is 2.68. The van der Waals surface area contributed by atoms with Crippen LogP contribution in [-0.4, -0.2) is 21.1 Å². The van der Waals surface area contributed by atoms with E-state index in [0.29, 0.717) is 23.1 Å². The van der Waals surface area contributed by atoms with Crippen LogP contribution in [0.3, 0.4) is 0 Å². The Morgan fingerprint density at radius 3 is 2.79 bits per heavy atom. The largest absolute Gasteiger partial charge is 0.324 e. The highest BCUT2D eigenvalue weighted by Gasteiger charge is 2.17. The maximum absolute atomic E-state index is 13.9. The van der Waals surface area contributed by atoms with Crippen molar-refractivity contribution in [3.8, 4) is 0 Å². The fourth-order valence-corrected chi connectivity index (χ4v) is 2.52. The Hall–Kier alpha value is -0.810. The maximum Gasteiger partial charge on any atom is 0.184 e. The van der Waals surface area contributed by atoms with E-state index in [1.807, 2.05) is 6.26 Å². The Balaban J connectivity index is 2.47. The standard InChI is InChI=1S/C13H15ClF2N2S/c1-8(19-2)5-6-18-11(7-14)17-10-4-3-9(15)12(16)13(10)18/h3-4,8H,5-7H2,1-2H3. The van der Waals surface area contributed by atoms with Crippen molar-refractivity contribution in [1.29, 1.82) is 0 Å². The first kappa shape index (κ1) is 14.6. The van der Waals surface area contributed by atoms with Crippen molar-refractivity contribution >= 4 is 34.4 Å². The van der Waals surface area contributed by atoms with Gasteiger partial charge in [0, 0.05) is 11.8 Å². The van der Waals surface area contributed by atoms with Gasteiger partial charge in [0.25, 0.3) is 0 Å². The van der Waals surface area contributed by atoms with Crippen molar-refractivity contribution in [2.45, 2.75) is 31.0 Å². The lowest BCUT2D eigenvalue weighted by atomic mass is 10.2. The van der Waals surface area contributed by atoms with Crippen LogP contribution in [0.2, 0.25) is 0 Å². The monoisotopic (exact) mass is 304 g/mol. The number of thioether (sulfide) groups is 1. The maximum atomic E-state index is 13.9. The van der Waals surface area contributed by atoms with Gasteiger partial charge in [-0.2, -0.15) is 11.8 Å². The van der Waals surface area contributed by atoms with Crippen molar-refractivity contribution in [2.24, 2.45) is 0 Å². The van der Waals surface area contributed by atoms with Gasteiger partial charge in [0.1, 0.15) is 11.3 Å². The van der Waals surface area contributed by atoms with Crippen LogP contribution in [0.1, 0.15) is 19.2 Å². The number of hydrogen-bond donors (Lipinski definition) is 0. The molecule has 0 saturated heterocycles. The second-order valence-corrected chi connectivity index (χ2v) is 5.92. The summed E-state index contributed by atoms with van der Waals surface area (Å²) in [7, 11) is 0. The number of aryl methyl sites for hydroxylation is 1. The van der Waals surface area contributed by atoms with E-state index in [2.05, 4.69) is 11.9 Å². The first-order valence-electron chi connectivity index (χ1n) is 6.00. The second-order valence-electron chi connectivity index (χ2n) is 4.38. The number of aromatic nitrogens is 2. The van der Waals surface area contributed by atoms with Crippen LogP contribution < -0.4 is 0 Å². The number of halogens is 3. The third-order valence-corrected chi connectivity index (χ3v) is 4.44. The summed E-state index contributed by atoms with van der Waals surface area (Å²) in [5.41, 5.74) is 0.662. The molecule has 0 spiro atoms. The average molecular weight is 305 g/mol. The first-order valence-corrected chi connectivity index (χ1v) is 7.82. The quantitative estimate of drug-likeness (QED) is 0.771. The molecular formula is C13H15ClF2N2S. The lowest BCUT2D eigenvalue weighted by Crippen LogP contribution is -2.08. The number of rotatable bonds is 5. The molecule has 19 heavy (non-hydrogen) atoms. The molecule has 0 aliphatic heterocycles. The van der Waals surface area contributed by atoms with Crippen LogP contribution in [0.15, 0.2) is 12.1 Å². The molecule has 0 radical (unpaired) electrons. The molecule has 1 atom stereocenters. The van der Waals surface area contributed by atoms with E-state index >= 15 is 0 Å². The van der Waals surface area contributed by atoms with Crippen LogP contribution >= 0.6 is 23.4 Å². The van der Waals surface area contributed by atoms with Gasteiger partial charge in [-0.25, -0.2) is 13.8 Å². The predicted octanol–water partition coefficient (Wildman–Crippen LogP) is 4.19. The van der Waals surface area contributed by atoms with E-state index in [-0.39, 0.29) is 11.4 Å². The Kier molecular flexibility index (Phi) is 4.68. The fraction of sp³-hybridized carbons (Fsp3) is 0.462. The molecule has 1 unspecified atom stereocenters. The highest BCUT2D eigenvalue weighted by molar-refractivity contribution is 7.99. The van der Waals surface area contributed by atoms with E-state index in [0.717, 1.165) is 12.5 Å². The minimum atomic E-state index is -0.854. The van der Waals surface area contributed by atoms with Gasteiger partial charge in [0.2, 0.25) is 0 Å². The van der Waals surface area contributed by atoms with E-state index < -0.39 is 11.6 Å². The lowest BCUT2D eigenvalue weighted by molar-refractivity contribution is 0.509. The molecule has 0 amide bonds. The molecule has 0 bridgehead atoms. The SMILES string of the molecule is CSC(C)CCn1c(CCl)nc2ccc(F)c(F)c21. The summed E-state index contributed by atoms with van der Waals surface area (Å²) in [4.78, 5) is 4.25. The summed E-state index contributed by atoms with van der Waals surface area (Å²) < 4.78 is 29.0. The third-order valence-electron chi connectivity index (χ3n) is 3.16. The summed E-state index contributed by atoms with van der Waals surface area (Å²) in [6, 6.07) is 2.58. The summed E-state index contributed by atoms with van der Waals surface area (Å²) >= 11 is 7.58. The third kappa shape index (κ3) is 2.87. The molecule has 6 heteroatoms. The number of hydrogen-bond acceptors (Lipinski definition) is 2. The second kappa shape index (κ2) is 6.09. The van der Waals surface area contributed by atoms with Gasteiger partial charge in [-0.05, 0) is 24.8 Å². The van der Waals surface area contributed by atoms with Gasteiger partial charge in [0.15, 0.2) is 11.6 Å². The molecule has 2 rings (SSSR count).